The first-order valence-electron chi connectivity index (χ1n) is 11.1. The third kappa shape index (κ3) is 5.27. The molecule has 1 fully saturated rings. The third-order valence-corrected chi connectivity index (χ3v) is 8.09. The molecule has 34 heavy (non-hydrogen) atoms. The summed E-state index contributed by atoms with van der Waals surface area (Å²) in [6, 6.07) is 26.2. The largest absolute Gasteiger partial charge is 1.00 e. The zero-order valence-corrected chi connectivity index (χ0v) is 21.5. The van der Waals surface area contributed by atoms with Crippen LogP contribution in [-0.4, -0.2) is 29.9 Å². The number of fused-ring (bicyclic) bond motifs is 1. The van der Waals surface area contributed by atoms with E-state index >= 15 is 0 Å². The van der Waals surface area contributed by atoms with E-state index in [0.717, 1.165) is 48.2 Å². The fraction of sp³-hybridized carbons (Fsp3) is 0.222. The van der Waals surface area contributed by atoms with Crippen LogP contribution in [0.3, 0.4) is 0 Å². The zero-order chi connectivity index (χ0) is 22.8. The number of anilines is 1. The Hall–Kier alpha value is -2.08. The SMILES string of the molecule is O=C(c1sc2cc(Cl)ccc2c1Cl)N(c1ccccc1)C1CCN(Cc2ccccc2)CC1.[Cl-]. The number of piperidine rings is 1. The van der Waals surface area contributed by atoms with Gasteiger partial charge < -0.3 is 17.3 Å². The highest BCUT2D eigenvalue weighted by Gasteiger charge is 2.32. The Morgan fingerprint density at radius 1 is 0.941 bits per heavy atom. The maximum atomic E-state index is 13.9. The number of amides is 1. The van der Waals surface area contributed by atoms with Crippen molar-refractivity contribution >= 4 is 56.2 Å². The molecule has 4 aromatic rings. The first kappa shape index (κ1) is 25.0. The van der Waals surface area contributed by atoms with Crippen molar-refractivity contribution in [2.24, 2.45) is 0 Å². The number of hydrogen-bond donors (Lipinski definition) is 0. The van der Waals surface area contributed by atoms with Crippen LogP contribution in [-0.2, 0) is 6.54 Å². The summed E-state index contributed by atoms with van der Waals surface area (Å²) in [6.07, 6.45) is 1.84. The fourth-order valence-electron chi connectivity index (χ4n) is 4.55. The van der Waals surface area contributed by atoms with E-state index in [2.05, 4.69) is 29.2 Å². The Morgan fingerprint density at radius 3 is 2.26 bits per heavy atom. The number of likely N-dealkylation sites (tertiary alicyclic amines) is 1. The standard InChI is InChI=1S/C27H24Cl2N2OS.ClH/c28-20-11-12-23-24(17-20)33-26(25(23)29)27(32)31(21-9-5-2-6-10-21)22-13-15-30(16-14-22)18-19-7-3-1-4-8-19;/h1-12,17,22H,13-16,18H2;1H/p-1. The molecule has 0 saturated carbocycles. The van der Waals surface area contributed by atoms with Crippen LogP contribution in [0.2, 0.25) is 10.0 Å². The van der Waals surface area contributed by atoms with E-state index in [1.54, 1.807) is 0 Å². The van der Waals surface area contributed by atoms with Gasteiger partial charge in [0.1, 0.15) is 4.88 Å². The second-order valence-corrected chi connectivity index (χ2v) is 10.3. The lowest BCUT2D eigenvalue weighted by atomic mass is 10.0. The number of halogens is 3. The number of nitrogens with zero attached hydrogens (tertiary/aromatic N) is 2. The van der Waals surface area contributed by atoms with E-state index in [-0.39, 0.29) is 24.4 Å². The van der Waals surface area contributed by atoms with Crippen LogP contribution in [0.5, 0.6) is 0 Å². The van der Waals surface area contributed by atoms with Crippen molar-refractivity contribution in [3.63, 3.8) is 0 Å². The van der Waals surface area contributed by atoms with Crippen LogP contribution in [0, 0.1) is 0 Å². The average molecular weight is 531 g/mol. The second-order valence-electron chi connectivity index (χ2n) is 8.39. The molecule has 1 amide bonds. The molecule has 176 valence electrons. The molecule has 1 saturated heterocycles. The van der Waals surface area contributed by atoms with E-state index in [9.17, 15) is 4.79 Å². The number of thiophene rings is 1. The molecule has 3 nitrogen and oxygen atoms in total. The lowest BCUT2D eigenvalue weighted by Crippen LogP contribution is -3.00. The highest BCUT2D eigenvalue weighted by atomic mass is 35.5. The van der Waals surface area contributed by atoms with Gasteiger partial charge in [-0.15, -0.1) is 11.3 Å². The molecular weight excluding hydrogens is 507 g/mol. The smallest absolute Gasteiger partial charge is 0.270 e. The average Bonchev–Trinajstić information content (AvgIpc) is 3.17. The van der Waals surface area contributed by atoms with Gasteiger partial charge in [-0.25, -0.2) is 0 Å². The van der Waals surface area contributed by atoms with Crippen molar-refractivity contribution in [2.75, 3.05) is 18.0 Å². The highest BCUT2D eigenvalue weighted by Crippen LogP contribution is 2.39. The van der Waals surface area contributed by atoms with Crippen molar-refractivity contribution in [1.82, 2.24) is 4.90 Å². The summed E-state index contributed by atoms with van der Waals surface area (Å²) in [7, 11) is 0. The van der Waals surface area contributed by atoms with Crippen molar-refractivity contribution in [3.05, 3.63) is 99.3 Å². The maximum absolute atomic E-state index is 13.9. The molecule has 3 aromatic carbocycles. The molecule has 1 aliphatic rings. The van der Waals surface area contributed by atoms with Gasteiger partial charge >= 0.3 is 0 Å². The highest BCUT2D eigenvalue weighted by molar-refractivity contribution is 7.21. The molecule has 0 spiro atoms. The van der Waals surface area contributed by atoms with Gasteiger partial charge in [0, 0.05) is 46.5 Å². The summed E-state index contributed by atoms with van der Waals surface area (Å²) >= 11 is 14.3. The number of benzene rings is 3. The van der Waals surface area contributed by atoms with Crippen LogP contribution in [0.1, 0.15) is 28.1 Å². The van der Waals surface area contributed by atoms with Gasteiger partial charge in [0.2, 0.25) is 0 Å². The first-order valence-corrected chi connectivity index (χ1v) is 12.7. The second kappa shape index (κ2) is 11.1. The van der Waals surface area contributed by atoms with Crippen LogP contribution in [0.25, 0.3) is 10.1 Å². The van der Waals surface area contributed by atoms with Crippen molar-refractivity contribution < 1.29 is 17.2 Å². The van der Waals surface area contributed by atoms with Gasteiger partial charge in [-0.1, -0.05) is 77.8 Å². The molecule has 0 radical (unpaired) electrons. The Kier molecular flexibility index (Phi) is 8.18. The van der Waals surface area contributed by atoms with E-state index < -0.39 is 0 Å². The Bertz CT molecular complexity index is 1260. The number of para-hydroxylation sites is 1. The van der Waals surface area contributed by atoms with Crippen LogP contribution < -0.4 is 17.3 Å². The molecule has 5 rings (SSSR count). The molecular formula is C27H24Cl3N2OS-. The van der Waals surface area contributed by atoms with Gasteiger partial charge in [-0.05, 0) is 42.7 Å². The Morgan fingerprint density at radius 2 is 1.59 bits per heavy atom. The summed E-state index contributed by atoms with van der Waals surface area (Å²) in [5.74, 6) is -0.0370. The summed E-state index contributed by atoms with van der Waals surface area (Å²) in [5, 5.41) is 2.03. The van der Waals surface area contributed by atoms with Crippen LogP contribution >= 0.6 is 34.5 Å². The van der Waals surface area contributed by atoms with Crippen LogP contribution in [0.15, 0.2) is 78.9 Å². The third-order valence-electron chi connectivity index (χ3n) is 6.21. The minimum absolute atomic E-state index is 0. The van der Waals surface area contributed by atoms with Gasteiger partial charge in [-0.2, -0.15) is 0 Å². The number of rotatable bonds is 5. The van der Waals surface area contributed by atoms with Gasteiger partial charge in [0.05, 0.1) is 5.02 Å². The predicted molar refractivity (Wildman–Crippen MR) is 140 cm³/mol. The molecule has 0 aliphatic carbocycles. The molecule has 0 unspecified atom stereocenters. The van der Waals surface area contributed by atoms with Crippen molar-refractivity contribution in [3.8, 4) is 0 Å². The van der Waals surface area contributed by atoms with Gasteiger partial charge in [0.25, 0.3) is 5.91 Å². The zero-order valence-electron chi connectivity index (χ0n) is 18.5. The first-order chi connectivity index (χ1) is 16.1. The number of carbonyl (C=O) groups is 1. The minimum Gasteiger partial charge on any atom is -1.00 e. The lowest BCUT2D eigenvalue weighted by molar-refractivity contribution is -0.0000142. The summed E-state index contributed by atoms with van der Waals surface area (Å²) < 4.78 is 0.932. The number of carbonyl (C=O) groups excluding carboxylic acids is 1. The van der Waals surface area contributed by atoms with Gasteiger partial charge in [-0.3, -0.25) is 9.69 Å². The molecule has 1 aliphatic heterocycles. The minimum atomic E-state index is -0.0370. The topological polar surface area (TPSA) is 23.6 Å². The molecule has 0 bridgehead atoms. The summed E-state index contributed by atoms with van der Waals surface area (Å²) in [4.78, 5) is 18.9. The lowest BCUT2D eigenvalue weighted by Gasteiger charge is -2.38. The maximum Gasteiger partial charge on any atom is 0.270 e. The molecule has 2 heterocycles. The number of hydrogen-bond acceptors (Lipinski definition) is 3. The fourth-order valence-corrected chi connectivity index (χ4v) is 6.27. The van der Waals surface area contributed by atoms with Crippen LogP contribution in [0.4, 0.5) is 5.69 Å². The van der Waals surface area contributed by atoms with Gasteiger partial charge in [0.15, 0.2) is 0 Å². The molecule has 1 aromatic heterocycles. The predicted octanol–water partition coefficient (Wildman–Crippen LogP) is 4.52. The quantitative estimate of drug-likeness (QED) is 0.379. The summed E-state index contributed by atoms with van der Waals surface area (Å²) in [6.45, 7) is 2.84. The van der Waals surface area contributed by atoms with E-state index in [1.807, 2.05) is 59.5 Å². The van der Waals surface area contributed by atoms with E-state index in [0.29, 0.717) is 14.9 Å². The van der Waals surface area contributed by atoms with Crippen molar-refractivity contribution in [2.45, 2.75) is 25.4 Å². The summed E-state index contributed by atoms with van der Waals surface area (Å²) in [5.41, 5.74) is 2.23. The normalized spacial score (nSPS) is 14.6. The molecule has 0 atom stereocenters. The molecule has 0 N–H and O–H groups in total. The Balaban J connectivity index is 0.00000274. The monoisotopic (exact) mass is 529 g/mol. The molecule has 7 heteroatoms. The van der Waals surface area contributed by atoms with E-state index in [1.165, 1.54) is 16.9 Å². The Labute approximate surface area is 220 Å². The van der Waals surface area contributed by atoms with Crippen molar-refractivity contribution in [1.29, 1.82) is 0 Å². The van der Waals surface area contributed by atoms with E-state index in [4.69, 9.17) is 23.2 Å².